The lowest BCUT2D eigenvalue weighted by atomic mass is 9.86. The first kappa shape index (κ1) is 22.2. The molecule has 3 atom stereocenters. The second kappa shape index (κ2) is 7.37. The highest BCUT2D eigenvalue weighted by Gasteiger charge is 2.53. The molecule has 3 unspecified atom stereocenters. The summed E-state index contributed by atoms with van der Waals surface area (Å²) >= 11 is 1.70. The van der Waals surface area contributed by atoms with Crippen molar-refractivity contribution < 1.29 is 22.4 Å². The standard InChI is InChI=1S/C14H27F3INO2Si/c1-8(2)9(10(18)12(19)20)11(14(15,16)17)21-22(6,7)13(3,4)5/h8-11H,1-7H3,(H2,19,20). The molecular formula is C14H27F3INO2Si. The lowest BCUT2D eigenvalue weighted by Crippen LogP contribution is -2.54. The first-order valence-electron chi connectivity index (χ1n) is 7.20. The van der Waals surface area contributed by atoms with Crippen molar-refractivity contribution in [3.63, 3.8) is 0 Å². The van der Waals surface area contributed by atoms with Gasteiger partial charge in [0.25, 0.3) is 0 Å². The summed E-state index contributed by atoms with van der Waals surface area (Å²) in [5, 5.41) is -0.356. The molecule has 0 aromatic rings. The maximum absolute atomic E-state index is 13.6. The highest BCUT2D eigenvalue weighted by Crippen LogP contribution is 2.43. The fourth-order valence-electron chi connectivity index (χ4n) is 1.89. The number of primary amides is 1. The Balaban J connectivity index is 5.77. The summed E-state index contributed by atoms with van der Waals surface area (Å²) in [5.74, 6) is -2.13. The van der Waals surface area contributed by atoms with Crippen LogP contribution in [0.3, 0.4) is 0 Å². The molecule has 8 heteroatoms. The van der Waals surface area contributed by atoms with Gasteiger partial charge in [-0.05, 0) is 24.1 Å². The average molecular weight is 453 g/mol. The monoisotopic (exact) mass is 453 g/mol. The van der Waals surface area contributed by atoms with Gasteiger partial charge < -0.3 is 10.2 Å². The quantitative estimate of drug-likeness (QED) is 0.366. The van der Waals surface area contributed by atoms with Crippen LogP contribution in [-0.4, -0.2) is 30.4 Å². The Kier molecular flexibility index (Phi) is 7.43. The van der Waals surface area contributed by atoms with Gasteiger partial charge in [-0.1, -0.05) is 57.2 Å². The van der Waals surface area contributed by atoms with Crippen molar-refractivity contribution in [1.29, 1.82) is 0 Å². The number of rotatable bonds is 6. The van der Waals surface area contributed by atoms with Crippen LogP contribution >= 0.6 is 22.6 Å². The number of carbonyl (C=O) groups excluding carboxylic acids is 1. The van der Waals surface area contributed by atoms with Gasteiger partial charge in [0.15, 0.2) is 8.32 Å². The number of halogens is 4. The molecule has 132 valence electrons. The number of nitrogens with two attached hydrogens (primary N) is 1. The second-order valence-corrected chi connectivity index (χ2v) is 13.6. The number of hydrogen-bond donors (Lipinski definition) is 1. The molecule has 0 aliphatic rings. The lowest BCUT2D eigenvalue weighted by molar-refractivity contribution is -0.217. The zero-order chi connectivity index (χ0) is 18.1. The summed E-state index contributed by atoms with van der Waals surface area (Å²) in [6.45, 7) is 12.5. The largest absolute Gasteiger partial charge is 0.413 e. The molecule has 0 aromatic carbocycles. The smallest absolute Gasteiger partial charge is 0.405 e. The highest BCUT2D eigenvalue weighted by molar-refractivity contribution is 14.1. The molecule has 0 aliphatic heterocycles. The van der Waals surface area contributed by atoms with Crippen molar-refractivity contribution >= 4 is 36.8 Å². The lowest BCUT2D eigenvalue weighted by Gasteiger charge is -2.43. The molecule has 1 amide bonds. The third-order valence-corrected chi connectivity index (χ3v) is 10.2. The van der Waals surface area contributed by atoms with E-state index in [-0.39, 0.29) is 11.0 Å². The molecule has 0 spiro atoms. The fraction of sp³-hybridized carbons (Fsp3) is 0.929. The zero-order valence-electron chi connectivity index (χ0n) is 14.2. The first-order valence-corrected chi connectivity index (χ1v) is 11.4. The van der Waals surface area contributed by atoms with Crippen LogP contribution in [0.2, 0.25) is 18.1 Å². The Labute approximate surface area is 145 Å². The van der Waals surface area contributed by atoms with Crippen LogP contribution in [0.15, 0.2) is 0 Å². The molecule has 0 saturated heterocycles. The summed E-state index contributed by atoms with van der Waals surface area (Å²) in [6, 6.07) is 0. The van der Waals surface area contributed by atoms with Crippen LogP contribution < -0.4 is 5.73 Å². The zero-order valence-corrected chi connectivity index (χ0v) is 17.4. The summed E-state index contributed by atoms with van der Waals surface area (Å²) in [4.78, 5) is 11.4. The van der Waals surface area contributed by atoms with E-state index in [9.17, 15) is 18.0 Å². The van der Waals surface area contributed by atoms with Gasteiger partial charge in [0.1, 0.15) is 6.10 Å². The molecule has 3 nitrogen and oxygen atoms in total. The Morgan fingerprint density at radius 3 is 1.82 bits per heavy atom. The van der Waals surface area contributed by atoms with E-state index in [1.807, 2.05) is 20.8 Å². The predicted octanol–water partition coefficient (Wildman–Crippen LogP) is 4.50. The number of alkyl halides is 4. The van der Waals surface area contributed by atoms with Crippen LogP contribution in [0, 0.1) is 11.8 Å². The van der Waals surface area contributed by atoms with E-state index in [4.69, 9.17) is 10.2 Å². The van der Waals surface area contributed by atoms with Crippen molar-refractivity contribution in [2.24, 2.45) is 17.6 Å². The van der Waals surface area contributed by atoms with Gasteiger partial charge >= 0.3 is 6.18 Å². The van der Waals surface area contributed by atoms with E-state index < -0.39 is 36.3 Å². The number of amides is 1. The normalized spacial score (nSPS) is 18.2. The van der Waals surface area contributed by atoms with Gasteiger partial charge in [0.05, 0.1) is 3.92 Å². The predicted molar refractivity (Wildman–Crippen MR) is 93.5 cm³/mol. The Bertz CT molecular complexity index is 395. The van der Waals surface area contributed by atoms with Gasteiger partial charge in [-0.25, -0.2) is 0 Å². The summed E-state index contributed by atoms with van der Waals surface area (Å²) in [5.41, 5.74) is 5.25. The van der Waals surface area contributed by atoms with Crippen molar-refractivity contribution in [1.82, 2.24) is 0 Å². The number of hydrogen-bond acceptors (Lipinski definition) is 2. The van der Waals surface area contributed by atoms with Crippen molar-refractivity contribution in [3.05, 3.63) is 0 Å². The van der Waals surface area contributed by atoms with E-state index in [1.165, 1.54) is 0 Å². The third kappa shape index (κ3) is 5.66. The van der Waals surface area contributed by atoms with E-state index >= 15 is 0 Å². The van der Waals surface area contributed by atoms with E-state index in [1.54, 1.807) is 49.5 Å². The van der Waals surface area contributed by atoms with Crippen molar-refractivity contribution in [2.75, 3.05) is 0 Å². The Morgan fingerprint density at radius 2 is 1.59 bits per heavy atom. The SMILES string of the molecule is CC(C)C(C(I)C(N)=O)C(O[Si](C)(C)C(C)(C)C)C(F)(F)F. The minimum absolute atomic E-state index is 0.356. The molecular weight excluding hydrogens is 426 g/mol. The van der Waals surface area contributed by atoms with Gasteiger partial charge in [-0.3, -0.25) is 4.79 Å². The average Bonchev–Trinajstić information content (AvgIpc) is 2.23. The van der Waals surface area contributed by atoms with Gasteiger partial charge in [0.2, 0.25) is 5.91 Å². The highest BCUT2D eigenvalue weighted by atomic mass is 127. The van der Waals surface area contributed by atoms with E-state index in [0.29, 0.717) is 0 Å². The summed E-state index contributed by atoms with van der Waals surface area (Å²) < 4.78 is 45.6. The maximum atomic E-state index is 13.6. The van der Waals surface area contributed by atoms with Gasteiger partial charge in [-0.2, -0.15) is 13.2 Å². The summed E-state index contributed by atoms with van der Waals surface area (Å²) in [7, 11) is -2.64. The first-order chi connectivity index (χ1) is 9.52. The fourth-order valence-corrected chi connectivity index (χ4v) is 4.38. The van der Waals surface area contributed by atoms with Crippen LogP contribution in [0.25, 0.3) is 0 Å². The molecule has 0 aromatic heterocycles. The van der Waals surface area contributed by atoms with Crippen molar-refractivity contribution in [3.8, 4) is 0 Å². The van der Waals surface area contributed by atoms with Gasteiger partial charge in [-0.15, -0.1) is 0 Å². The molecule has 2 N–H and O–H groups in total. The molecule has 0 rings (SSSR count). The minimum Gasteiger partial charge on any atom is -0.405 e. The molecule has 0 radical (unpaired) electrons. The Hall–Kier alpha value is 0.167. The second-order valence-electron chi connectivity index (χ2n) is 7.47. The molecule has 0 aliphatic carbocycles. The van der Waals surface area contributed by atoms with E-state index in [2.05, 4.69) is 0 Å². The van der Waals surface area contributed by atoms with Crippen LogP contribution in [0.1, 0.15) is 34.6 Å². The van der Waals surface area contributed by atoms with Crippen molar-refractivity contribution in [2.45, 2.75) is 69.0 Å². The van der Waals surface area contributed by atoms with Crippen LogP contribution in [0.4, 0.5) is 13.2 Å². The Morgan fingerprint density at radius 1 is 1.18 bits per heavy atom. The van der Waals surface area contributed by atoms with Gasteiger partial charge in [0, 0.05) is 5.92 Å². The maximum Gasteiger partial charge on any atom is 0.413 e. The molecule has 22 heavy (non-hydrogen) atoms. The molecule has 0 bridgehead atoms. The minimum atomic E-state index is -4.54. The van der Waals surface area contributed by atoms with Crippen LogP contribution in [-0.2, 0) is 9.22 Å². The third-order valence-electron chi connectivity index (χ3n) is 4.28. The topological polar surface area (TPSA) is 52.3 Å². The molecule has 0 fully saturated rings. The van der Waals surface area contributed by atoms with E-state index in [0.717, 1.165) is 0 Å². The molecule has 0 saturated carbocycles. The summed E-state index contributed by atoms with van der Waals surface area (Å²) in [6.07, 6.45) is -6.52. The van der Waals surface area contributed by atoms with Crippen LogP contribution in [0.5, 0.6) is 0 Å². The number of carbonyl (C=O) groups is 1. The molecule has 0 heterocycles.